The lowest BCUT2D eigenvalue weighted by Crippen LogP contribution is -2.52. The highest BCUT2D eigenvalue weighted by Gasteiger charge is 2.46. The van der Waals surface area contributed by atoms with Crippen LogP contribution >= 0.6 is 15.9 Å². The van der Waals surface area contributed by atoms with Gasteiger partial charge in [0.1, 0.15) is 6.04 Å². The Morgan fingerprint density at radius 1 is 1.25 bits per heavy atom. The first-order valence-electron chi connectivity index (χ1n) is 7.45. The summed E-state index contributed by atoms with van der Waals surface area (Å²) in [7, 11) is 0. The largest absolute Gasteiger partial charge is 0.471 e. The van der Waals surface area contributed by atoms with Gasteiger partial charge in [-0.3, -0.25) is 4.79 Å². The fraction of sp³-hybridized carbons (Fsp3) is 0.500. The van der Waals surface area contributed by atoms with Crippen molar-refractivity contribution in [3.8, 4) is 0 Å². The lowest BCUT2D eigenvalue weighted by molar-refractivity contribution is -0.190. The number of hydrogen-bond donors (Lipinski definition) is 0. The van der Waals surface area contributed by atoms with Crippen LogP contribution in [0.15, 0.2) is 30.3 Å². The van der Waals surface area contributed by atoms with Crippen LogP contribution < -0.4 is 0 Å². The van der Waals surface area contributed by atoms with Crippen molar-refractivity contribution in [2.45, 2.75) is 32.0 Å². The van der Waals surface area contributed by atoms with Gasteiger partial charge in [-0.25, -0.2) is 4.79 Å². The summed E-state index contributed by atoms with van der Waals surface area (Å²) in [6.45, 7) is 1.39. The Bertz CT molecular complexity index is 537. The van der Waals surface area contributed by atoms with E-state index < -0.39 is 24.1 Å². The van der Waals surface area contributed by atoms with Crippen LogP contribution in [0.1, 0.15) is 18.9 Å². The van der Waals surface area contributed by atoms with Crippen molar-refractivity contribution in [1.29, 1.82) is 0 Å². The molecule has 0 fully saturated rings. The van der Waals surface area contributed by atoms with Crippen LogP contribution in [-0.2, 0) is 20.7 Å². The molecule has 0 heterocycles. The van der Waals surface area contributed by atoms with Crippen molar-refractivity contribution >= 4 is 27.8 Å². The van der Waals surface area contributed by atoms with Gasteiger partial charge >= 0.3 is 18.1 Å². The third-order valence-electron chi connectivity index (χ3n) is 3.24. The van der Waals surface area contributed by atoms with Gasteiger partial charge in [-0.2, -0.15) is 13.2 Å². The van der Waals surface area contributed by atoms with Gasteiger partial charge in [-0.1, -0.05) is 46.3 Å². The van der Waals surface area contributed by atoms with E-state index in [2.05, 4.69) is 15.9 Å². The monoisotopic (exact) mass is 409 g/mol. The smallest absolute Gasteiger partial charge is 0.464 e. The quantitative estimate of drug-likeness (QED) is 0.488. The van der Waals surface area contributed by atoms with E-state index in [0.29, 0.717) is 15.8 Å². The predicted molar refractivity (Wildman–Crippen MR) is 86.7 cm³/mol. The number of amides is 1. The van der Waals surface area contributed by atoms with E-state index in [4.69, 9.17) is 4.74 Å². The molecule has 8 heteroatoms. The van der Waals surface area contributed by atoms with Crippen LogP contribution in [0, 0.1) is 0 Å². The zero-order valence-corrected chi connectivity index (χ0v) is 14.8. The molecule has 1 rings (SSSR count). The minimum Gasteiger partial charge on any atom is -0.464 e. The van der Waals surface area contributed by atoms with E-state index in [1.165, 1.54) is 0 Å². The van der Waals surface area contributed by atoms with Crippen molar-refractivity contribution in [2.75, 3.05) is 18.5 Å². The van der Waals surface area contributed by atoms with Crippen molar-refractivity contribution in [2.24, 2.45) is 0 Å². The Kier molecular flexibility index (Phi) is 8.24. The molecule has 0 N–H and O–H groups in total. The first-order valence-corrected chi connectivity index (χ1v) is 8.57. The minimum atomic E-state index is -5.05. The summed E-state index contributed by atoms with van der Waals surface area (Å²) in [5, 5.41) is 0.412. The number of ether oxygens (including phenoxy) is 1. The molecule has 1 aromatic rings. The average molecular weight is 410 g/mol. The van der Waals surface area contributed by atoms with Crippen LogP contribution in [0.5, 0.6) is 0 Å². The summed E-state index contributed by atoms with van der Waals surface area (Å²) in [6.07, 6.45) is -4.80. The summed E-state index contributed by atoms with van der Waals surface area (Å²) in [5.74, 6) is -2.87. The maximum Gasteiger partial charge on any atom is 0.471 e. The molecule has 4 nitrogen and oxygen atoms in total. The lowest BCUT2D eigenvalue weighted by Gasteiger charge is -2.30. The van der Waals surface area contributed by atoms with Gasteiger partial charge in [0.25, 0.3) is 0 Å². The summed E-state index contributed by atoms with van der Waals surface area (Å²) in [6, 6.07) is 7.24. The average Bonchev–Trinajstić information content (AvgIpc) is 2.54. The van der Waals surface area contributed by atoms with Crippen LogP contribution in [0.4, 0.5) is 13.2 Å². The third kappa shape index (κ3) is 6.14. The van der Waals surface area contributed by atoms with Gasteiger partial charge in [-0.15, -0.1) is 0 Å². The number of benzene rings is 1. The standard InChI is InChI=1S/C16H19BrF3NO3/c1-2-24-14(22)13(11-12-7-4-3-5-8-12)21(10-6-9-17)15(23)16(18,19)20/h3-5,7-8,13H,2,6,9-11H2,1H3/t13-/m0/s1. The number of halogens is 4. The van der Waals surface area contributed by atoms with Gasteiger partial charge < -0.3 is 9.64 Å². The molecular weight excluding hydrogens is 391 g/mol. The fourth-order valence-electron chi connectivity index (χ4n) is 2.19. The van der Waals surface area contributed by atoms with Gasteiger partial charge in [0, 0.05) is 18.3 Å². The molecule has 0 aromatic heterocycles. The van der Waals surface area contributed by atoms with Gasteiger partial charge in [0.05, 0.1) is 6.61 Å². The first kappa shape index (κ1) is 20.5. The van der Waals surface area contributed by atoms with E-state index in [0.717, 1.165) is 0 Å². The van der Waals surface area contributed by atoms with Crippen molar-refractivity contribution in [3.63, 3.8) is 0 Å². The number of hydrogen-bond acceptors (Lipinski definition) is 3. The van der Waals surface area contributed by atoms with E-state index in [1.54, 1.807) is 37.3 Å². The van der Waals surface area contributed by atoms with Crippen LogP contribution in [0.2, 0.25) is 0 Å². The molecule has 0 unspecified atom stereocenters. The van der Waals surface area contributed by atoms with Crippen molar-refractivity contribution in [1.82, 2.24) is 4.90 Å². The highest BCUT2D eigenvalue weighted by Crippen LogP contribution is 2.22. The normalized spacial score (nSPS) is 12.5. The van der Waals surface area contributed by atoms with Gasteiger partial charge in [-0.05, 0) is 18.9 Å². The van der Waals surface area contributed by atoms with Crippen LogP contribution in [0.3, 0.4) is 0 Å². The Morgan fingerprint density at radius 3 is 2.38 bits per heavy atom. The summed E-state index contributed by atoms with van der Waals surface area (Å²) in [5.41, 5.74) is 0.648. The van der Waals surface area contributed by atoms with Crippen LogP contribution in [0.25, 0.3) is 0 Å². The number of carbonyl (C=O) groups excluding carboxylic acids is 2. The molecule has 134 valence electrons. The van der Waals surface area contributed by atoms with E-state index >= 15 is 0 Å². The SMILES string of the molecule is CCOC(=O)[C@H](Cc1ccccc1)N(CCCBr)C(=O)C(F)(F)F. The van der Waals surface area contributed by atoms with Gasteiger partial charge in [0.2, 0.25) is 0 Å². The first-order chi connectivity index (χ1) is 11.3. The molecule has 1 aromatic carbocycles. The Balaban J connectivity index is 3.13. The third-order valence-corrected chi connectivity index (χ3v) is 3.80. The highest BCUT2D eigenvalue weighted by atomic mass is 79.9. The molecule has 0 aliphatic carbocycles. The molecule has 24 heavy (non-hydrogen) atoms. The van der Waals surface area contributed by atoms with Crippen molar-refractivity contribution in [3.05, 3.63) is 35.9 Å². The Morgan fingerprint density at radius 2 is 1.88 bits per heavy atom. The number of esters is 1. The molecule has 0 saturated heterocycles. The predicted octanol–water partition coefficient (Wildman–Crippen LogP) is 3.34. The molecule has 0 spiro atoms. The molecule has 0 radical (unpaired) electrons. The molecule has 0 bridgehead atoms. The summed E-state index contributed by atoms with van der Waals surface area (Å²) in [4.78, 5) is 24.5. The number of rotatable bonds is 8. The Hall–Kier alpha value is -1.57. The molecule has 0 aliphatic heterocycles. The summed E-state index contributed by atoms with van der Waals surface area (Å²) >= 11 is 3.13. The van der Waals surface area contributed by atoms with E-state index in [-0.39, 0.29) is 26.0 Å². The number of alkyl halides is 4. The second-order valence-electron chi connectivity index (χ2n) is 5.00. The molecule has 0 saturated carbocycles. The maximum atomic E-state index is 12.9. The zero-order chi connectivity index (χ0) is 18.2. The van der Waals surface area contributed by atoms with Gasteiger partial charge in [0.15, 0.2) is 0 Å². The van der Waals surface area contributed by atoms with E-state index in [9.17, 15) is 22.8 Å². The maximum absolute atomic E-state index is 12.9. The zero-order valence-electron chi connectivity index (χ0n) is 13.2. The number of carbonyl (C=O) groups is 2. The molecule has 1 atom stereocenters. The Labute approximate surface area is 147 Å². The van der Waals surface area contributed by atoms with Crippen LogP contribution in [-0.4, -0.2) is 47.5 Å². The molecule has 1 amide bonds. The van der Waals surface area contributed by atoms with Crippen molar-refractivity contribution < 1.29 is 27.5 Å². The highest BCUT2D eigenvalue weighted by molar-refractivity contribution is 9.09. The number of nitrogens with zero attached hydrogens (tertiary/aromatic N) is 1. The lowest BCUT2D eigenvalue weighted by atomic mass is 10.0. The molecule has 0 aliphatic rings. The molecular formula is C16H19BrF3NO3. The summed E-state index contributed by atoms with van der Waals surface area (Å²) < 4.78 is 43.6. The topological polar surface area (TPSA) is 46.6 Å². The second kappa shape index (κ2) is 9.66. The fourth-order valence-corrected chi connectivity index (χ4v) is 2.44. The minimum absolute atomic E-state index is 0.0244. The second-order valence-corrected chi connectivity index (χ2v) is 5.79. The van der Waals surface area contributed by atoms with E-state index in [1.807, 2.05) is 0 Å².